The Hall–Kier alpha value is -2.70. The fraction of sp³-hybridized carbons (Fsp3) is 0. The van der Waals surface area contributed by atoms with Crippen LogP contribution in [0.15, 0.2) is 36.4 Å². The van der Waals surface area contributed by atoms with Gasteiger partial charge in [0.25, 0.3) is 5.69 Å². The van der Waals surface area contributed by atoms with E-state index in [4.69, 9.17) is 0 Å². The van der Waals surface area contributed by atoms with Crippen molar-refractivity contribution < 1.29 is 22.9 Å². The lowest BCUT2D eigenvalue weighted by molar-refractivity contribution is -0.385. The lowest BCUT2D eigenvalue weighted by Gasteiger charge is -2.04. The zero-order valence-electron chi connectivity index (χ0n) is 9.77. The van der Waals surface area contributed by atoms with E-state index in [0.717, 1.165) is 24.3 Å². The Kier molecular flexibility index (Phi) is 3.51. The lowest BCUT2D eigenvalue weighted by Crippen LogP contribution is -2.07. The van der Waals surface area contributed by atoms with Gasteiger partial charge in [0.15, 0.2) is 5.78 Å². The third-order valence-electron chi connectivity index (χ3n) is 2.58. The van der Waals surface area contributed by atoms with Gasteiger partial charge in [0.1, 0.15) is 17.5 Å². The highest BCUT2D eigenvalue weighted by Gasteiger charge is 2.20. The number of hydrogen-bond donors (Lipinski definition) is 0. The second-order valence-electron chi connectivity index (χ2n) is 3.87. The molecule has 0 atom stereocenters. The van der Waals surface area contributed by atoms with Crippen molar-refractivity contribution in [2.75, 3.05) is 0 Å². The highest BCUT2D eigenvalue weighted by molar-refractivity contribution is 6.09. The number of benzene rings is 2. The number of rotatable bonds is 3. The predicted molar refractivity (Wildman–Crippen MR) is 62.8 cm³/mol. The molecule has 0 saturated carbocycles. The predicted octanol–water partition coefficient (Wildman–Crippen LogP) is 3.24. The summed E-state index contributed by atoms with van der Waals surface area (Å²) in [6.07, 6.45) is 0. The maximum atomic E-state index is 13.6. The van der Waals surface area contributed by atoms with Crippen molar-refractivity contribution in [3.05, 3.63) is 75.1 Å². The van der Waals surface area contributed by atoms with Crippen LogP contribution < -0.4 is 0 Å². The molecular formula is C13H6F3NO3. The average molecular weight is 281 g/mol. The van der Waals surface area contributed by atoms with E-state index in [1.807, 2.05) is 0 Å². The van der Waals surface area contributed by atoms with Crippen molar-refractivity contribution in [2.45, 2.75) is 0 Å². The largest absolute Gasteiger partial charge is 0.288 e. The molecule has 0 bridgehead atoms. The molecule has 0 amide bonds. The summed E-state index contributed by atoms with van der Waals surface area (Å²) in [6, 6.07) is 4.51. The van der Waals surface area contributed by atoms with Crippen molar-refractivity contribution in [1.82, 2.24) is 0 Å². The van der Waals surface area contributed by atoms with Gasteiger partial charge in [-0.05, 0) is 24.3 Å². The standard InChI is InChI=1S/C13H6F3NO3/c14-7-1-4-11(15)10(5-7)13(18)9-3-2-8(17(19)20)6-12(9)16/h1-6H. The molecule has 0 saturated heterocycles. The van der Waals surface area contributed by atoms with Gasteiger partial charge >= 0.3 is 0 Å². The zero-order valence-corrected chi connectivity index (χ0v) is 9.77. The van der Waals surface area contributed by atoms with E-state index < -0.39 is 45.0 Å². The number of non-ortho nitro benzene ring substituents is 1. The summed E-state index contributed by atoms with van der Waals surface area (Å²) < 4.78 is 40.1. The molecule has 2 aromatic rings. The van der Waals surface area contributed by atoms with E-state index in [-0.39, 0.29) is 0 Å². The Morgan fingerprint density at radius 2 is 1.65 bits per heavy atom. The van der Waals surface area contributed by atoms with Gasteiger partial charge in [-0.25, -0.2) is 13.2 Å². The summed E-state index contributed by atoms with van der Waals surface area (Å²) in [4.78, 5) is 21.5. The summed E-state index contributed by atoms with van der Waals surface area (Å²) in [6.45, 7) is 0. The highest BCUT2D eigenvalue weighted by atomic mass is 19.1. The first-order valence-corrected chi connectivity index (χ1v) is 5.34. The number of nitrogens with zero attached hydrogens (tertiary/aromatic N) is 1. The number of carbonyl (C=O) groups is 1. The quantitative estimate of drug-likeness (QED) is 0.493. The maximum Gasteiger partial charge on any atom is 0.272 e. The number of ketones is 1. The Balaban J connectivity index is 2.48. The zero-order chi connectivity index (χ0) is 14.9. The second kappa shape index (κ2) is 5.12. The van der Waals surface area contributed by atoms with Gasteiger partial charge in [-0.15, -0.1) is 0 Å². The van der Waals surface area contributed by atoms with E-state index in [9.17, 15) is 28.1 Å². The first kappa shape index (κ1) is 13.7. The van der Waals surface area contributed by atoms with Crippen molar-refractivity contribution >= 4 is 11.5 Å². The highest BCUT2D eigenvalue weighted by Crippen LogP contribution is 2.21. The van der Waals surface area contributed by atoms with Crippen molar-refractivity contribution in [3.8, 4) is 0 Å². The van der Waals surface area contributed by atoms with E-state index in [1.54, 1.807) is 0 Å². The fourth-order valence-corrected chi connectivity index (χ4v) is 1.62. The maximum absolute atomic E-state index is 13.6. The molecule has 0 aliphatic carbocycles. The van der Waals surface area contributed by atoms with Gasteiger partial charge in [0.2, 0.25) is 0 Å². The third kappa shape index (κ3) is 2.51. The molecule has 0 unspecified atom stereocenters. The second-order valence-corrected chi connectivity index (χ2v) is 3.87. The monoisotopic (exact) mass is 281 g/mol. The topological polar surface area (TPSA) is 60.2 Å². The number of halogens is 3. The molecular weight excluding hydrogens is 275 g/mol. The van der Waals surface area contributed by atoms with E-state index in [2.05, 4.69) is 0 Å². The summed E-state index contributed by atoms with van der Waals surface area (Å²) >= 11 is 0. The molecule has 0 radical (unpaired) electrons. The van der Waals surface area contributed by atoms with Gasteiger partial charge in [-0.2, -0.15) is 0 Å². The van der Waals surface area contributed by atoms with Gasteiger partial charge in [-0.3, -0.25) is 14.9 Å². The van der Waals surface area contributed by atoms with Crippen LogP contribution in [0.4, 0.5) is 18.9 Å². The Morgan fingerprint density at radius 3 is 2.25 bits per heavy atom. The van der Waals surface area contributed by atoms with Crippen LogP contribution in [0.3, 0.4) is 0 Å². The average Bonchev–Trinajstić information content (AvgIpc) is 2.40. The van der Waals surface area contributed by atoms with Crippen LogP contribution in [0.1, 0.15) is 15.9 Å². The minimum atomic E-state index is -1.17. The minimum absolute atomic E-state index is 0.543. The minimum Gasteiger partial charge on any atom is -0.288 e. The van der Waals surface area contributed by atoms with E-state index in [1.165, 1.54) is 0 Å². The molecule has 0 heterocycles. The Morgan fingerprint density at radius 1 is 0.950 bits per heavy atom. The van der Waals surface area contributed by atoms with Crippen molar-refractivity contribution in [3.63, 3.8) is 0 Å². The fourth-order valence-electron chi connectivity index (χ4n) is 1.62. The molecule has 0 fully saturated rings. The number of hydrogen-bond acceptors (Lipinski definition) is 3. The van der Waals surface area contributed by atoms with Crippen LogP contribution in [0.5, 0.6) is 0 Å². The number of nitro benzene ring substituents is 1. The smallest absolute Gasteiger partial charge is 0.272 e. The summed E-state index contributed by atoms with van der Waals surface area (Å²) in [5, 5.41) is 10.4. The first-order valence-electron chi connectivity index (χ1n) is 5.34. The molecule has 0 aliphatic heterocycles. The molecule has 0 spiro atoms. The lowest BCUT2D eigenvalue weighted by atomic mass is 10.0. The Bertz CT molecular complexity index is 716. The van der Waals surface area contributed by atoms with Crippen LogP contribution in [0.25, 0.3) is 0 Å². The van der Waals surface area contributed by atoms with Crippen LogP contribution in [-0.2, 0) is 0 Å². The third-order valence-corrected chi connectivity index (χ3v) is 2.58. The van der Waals surface area contributed by atoms with Crippen LogP contribution in [-0.4, -0.2) is 10.7 Å². The van der Waals surface area contributed by atoms with Gasteiger partial charge in [-0.1, -0.05) is 0 Å². The summed E-state index contributed by atoms with van der Waals surface area (Å²) in [5.41, 5.74) is -1.75. The first-order chi connectivity index (χ1) is 9.40. The van der Waals surface area contributed by atoms with Gasteiger partial charge < -0.3 is 0 Å². The van der Waals surface area contributed by atoms with E-state index >= 15 is 0 Å². The summed E-state index contributed by atoms with van der Waals surface area (Å²) in [7, 11) is 0. The molecule has 2 aromatic carbocycles. The number of nitro groups is 1. The van der Waals surface area contributed by atoms with Crippen LogP contribution >= 0.6 is 0 Å². The van der Waals surface area contributed by atoms with Crippen LogP contribution in [0.2, 0.25) is 0 Å². The normalized spacial score (nSPS) is 10.3. The SMILES string of the molecule is O=C(c1ccc([N+](=O)[O-])cc1F)c1cc(F)ccc1F. The molecule has 102 valence electrons. The van der Waals surface area contributed by atoms with E-state index in [0.29, 0.717) is 12.1 Å². The molecule has 0 aromatic heterocycles. The summed E-state index contributed by atoms with van der Waals surface area (Å²) in [5.74, 6) is -4.12. The molecule has 0 aliphatic rings. The molecule has 20 heavy (non-hydrogen) atoms. The van der Waals surface area contributed by atoms with Crippen LogP contribution in [0, 0.1) is 27.6 Å². The number of carbonyl (C=O) groups excluding carboxylic acids is 1. The molecule has 0 N–H and O–H groups in total. The van der Waals surface area contributed by atoms with Crippen molar-refractivity contribution in [1.29, 1.82) is 0 Å². The van der Waals surface area contributed by atoms with Crippen molar-refractivity contribution in [2.24, 2.45) is 0 Å². The molecule has 7 heteroatoms. The molecule has 2 rings (SSSR count). The van der Waals surface area contributed by atoms with Gasteiger partial charge in [0.05, 0.1) is 22.1 Å². The van der Waals surface area contributed by atoms with Gasteiger partial charge in [0, 0.05) is 6.07 Å². The Labute approximate surface area is 110 Å². The molecule has 4 nitrogen and oxygen atoms in total.